The molecule has 0 saturated carbocycles. The summed E-state index contributed by atoms with van der Waals surface area (Å²) >= 11 is 0. The van der Waals surface area contributed by atoms with Crippen molar-refractivity contribution >= 4 is 44.2 Å². The van der Waals surface area contributed by atoms with Crippen molar-refractivity contribution in [1.29, 1.82) is 0 Å². The Hall–Kier alpha value is -3.74. The zero-order valence-corrected chi connectivity index (χ0v) is 24.1. The maximum atomic E-state index is 12.1. The monoisotopic (exact) mass is 564 g/mol. The molecule has 2 atom stereocenters. The summed E-state index contributed by atoms with van der Waals surface area (Å²) in [5, 5.41) is 13.9. The molecular weight excluding hydrogens is 528 g/mol. The number of aliphatic hydroxyl groups is 1. The van der Waals surface area contributed by atoms with Gasteiger partial charge in [0.2, 0.25) is 16.0 Å². The van der Waals surface area contributed by atoms with E-state index in [0.29, 0.717) is 30.9 Å². The number of anilines is 4. The second-order valence-electron chi connectivity index (χ2n) is 10.4. The predicted molar refractivity (Wildman–Crippen MR) is 159 cm³/mol. The Morgan fingerprint density at radius 1 is 1.15 bits per heavy atom. The van der Waals surface area contributed by atoms with E-state index < -0.39 is 10.0 Å². The Labute approximate surface area is 235 Å². The van der Waals surface area contributed by atoms with E-state index in [1.54, 1.807) is 18.5 Å². The number of hydrogen-bond donors (Lipinski definition) is 2. The molecule has 1 aromatic carbocycles. The molecule has 4 heterocycles. The first-order valence-electron chi connectivity index (χ1n) is 13.3. The van der Waals surface area contributed by atoms with Gasteiger partial charge >= 0.3 is 0 Å². The third-order valence-electron chi connectivity index (χ3n) is 7.26. The maximum Gasteiger partial charge on any atom is 0.233 e. The number of β-amino-alcohol motifs (C(OH)–C–C–N with tert-alkyl or cyclic N) is 1. The molecule has 1 saturated heterocycles. The molecule has 12 heteroatoms. The van der Waals surface area contributed by atoms with Gasteiger partial charge in [0.1, 0.15) is 11.5 Å². The van der Waals surface area contributed by atoms with Crippen LogP contribution < -0.4 is 14.5 Å². The van der Waals surface area contributed by atoms with Crippen LogP contribution in [0.3, 0.4) is 0 Å². The van der Waals surface area contributed by atoms with Gasteiger partial charge in [-0.15, -0.1) is 0 Å². The van der Waals surface area contributed by atoms with Crippen molar-refractivity contribution in [2.75, 3.05) is 54.0 Å². The fraction of sp³-hybridized carbons (Fsp3) is 0.393. The lowest BCUT2D eigenvalue weighted by Crippen LogP contribution is -2.53. The molecule has 11 nitrogen and oxygen atoms in total. The number of hydrogen-bond acceptors (Lipinski definition) is 9. The molecule has 1 aliphatic rings. The van der Waals surface area contributed by atoms with Gasteiger partial charge in [0.15, 0.2) is 0 Å². The van der Waals surface area contributed by atoms with Gasteiger partial charge in [-0.2, -0.15) is 4.98 Å². The van der Waals surface area contributed by atoms with Crippen molar-refractivity contribution < 1.29 is 13.5 Å². The first-order chi connectivity index (χ1) is 19.1. The van der Waals surface area contributed by atoms with Crippen LogP contribution in [0.4, 0.5) is 23.1 Å². The molecule has 0 amide bonds. The Kier molecular flexibility index (Phi) is 7.92. The summed E-state index contributed by atoms with van der Waals surface area (Å²) in [7, 11) is -1.95. The first kappa shape index (κ1) is 27.8. The van der Waals surface area contributed by atoms with E-state index in [1.165, 1.54) is 11.4 Å². The Morgan fingerprint density at radius 2 is 1.93 bits per heavy atom. The number of sulfonamides is 1. The number of piperazine rings is 1. The Balaban J connectivity index is 1.30. The summed E-state index contributed by atoms with van der Waals surface area (Å²) in [6.45, 7) is 7.89. The van der Waals surface area contributed by atoms with Gasteiger partial charge < -0.3 is 19.9 Å². The van der Waals surface area contributed by atoms with Crippen LogP contribution in [0.25, 0.3) is 11.0 Å². The molecule has 0 radical (unpaired) electrons. The molecule has 4 aromatic rings. The predicted octanol–water partition coefficient (Wildman–Crippen LogP) is 2.91. The highest BCUT2D eigenvalue weighted by molar-refractivity contribution is 7.92. The summed E-state index contributed by atoms with van der Waals surface area (Å²) in [5.74, 6) is 0.860. The molecule has 2 unspecified atom stereocenters. The number of rotatable bonds is 9. The number of nitrogens with zero attached hydrogens (tertiary/aromatic N) is 7. The minimum absolute atomic E-state index is 0.321. The van der Waals surface area contributed by atoms with E-state index in [9.17, 15) is 13.5 Å². The minimum Gasteiger partial charge on any atom is -0.392 e. The third kappa shape index (κ3) is 6.19. The van der Waals surface area contributed by atoms with Crippen molar-refractivity contribution in [1.82, 2.24) is 24.4 Å². The molecule has 1 fully saturated rings. The van der Waals surface area contributed by atoms with E-state index in [1.807, 2.05) is 42.0 Å². The molecule has 40 heavy (non-hydrogen) atoms. The molecule has 5 rings (SSSR count). The average Bonchev–Trinajstić information content (AvgIpc) is 3.31. The Morgan fingerprint density at radius 3 is 2.62 bits per heavy atom. The van der Waals surface area contributed by atoms with Crippen molar-refractivity contribution in [3.05, 3.63) is 66.6 Å². The normalized spacial score (nSPS) is 17.2. The summed E-state index contributed by atoms with van der Waals surface area (Å²) in [6.07, 6.45) is 6.11. The van der Waals surface area contributed by atoms with E-state index >= 15 is 0 Å². The summed E-state index contributed by atoms with van der Waals surface area (Å²) in [4.78, 5) is 18.3. The van der Waals surface area contributed by atoms with Gasteiger partial charge in [-0.05, 0) is 50.2 Å². The summed E-state index contributed by atoms with van der Waals surface area (Å²) < 4.78 is 27.4. The van der Waals surface area contributed by atoms with Gasteiger partial charge in [-0.3, -0.25) is 9.21 Å². The van der Waals surface area contributed by atoms with Crippen LogP contribution in [0.5, 0.6) is 0 Å². The van der Waals surface area contributed by atoms with Gasteiger partial charge in [-0.25, -0.2) is 18.4 Å². The fourth-order valence-electron chi connectivity index (χ4n) is 5.06. The highest BCUT2D eigenvalue weighted by Crippen LogP contribution is 2.25. The van der Waals surface area contributed by atoms with Crippen LogP contribution in [0.15, 0.2) is 61.1 Å². The zero-order valence-electron chi connectivity index (χ0n) is 23.3. The fourth-order valence-corrected chi connectivity index (χ4v) is 5.54. The van der Waals surface area contributed by atoms with E-state index in [4.69, 9.17) is 4.98 Å². The Bertz CT molecular complexity index is 1570. The van der Waals surface area contributed by atoms with Crippen LogP contribution in [-0.4, -0.2) is 89.6 Å². The minimum atomic E-state index is -3.45. The highest BCUT2D eigenvalue weighted by atomic mass is 32.2. The van der Waals surface area contributed by atoms with Crippen LogP contribution in [-0.2, 0) is 16.6 Å². The number of fused-ring (bicyclic) bond motifs is 1. The molecule has 0 aliphatic carbocycles. The summed E-state index contributed by atoms with van der Waals surface area (Å²) in [6, 6.07) is 14.2. The van der Waals surface area contributed by atoms with Gasteiger partial charge in [-0.1, -0.05) is 6.07 Å². The maximum absolute atomic E-state index is 12.1. The number of aromatic nitrogens is 4. The van der Waals surface area contributed by atoms with Crippen molar-refractivity contribution in [3.63, 3.8) is 0 Å². The second kappa shape index (κ2) is 11.4. The molecule has 2 N–H and O–H groups in total. The molecule has 1 aliphatic heterocycles. The second-order valence-corrected chi connectivity index (χ2v) is 12.5. The van der Waals surface area contributed by atoms with E-state index in [0.717, 1.165) is 53.9 Å². The molecule has 0 spiro atoms. The SMILES string of the molecule is CC(O)CN1CCN(c2ccc(Nc3ncc4ccn(Cc5cccnc5N(C)S(C)(=O)=O)c4n3)cc2)CC1C. The molecule has 3 aromatic heterocycles. The molecule has 0 bridgehead atoms. The summed E-state index contributed by atoms with van der Waals surface area (Å²) in [5.41, 5.74) is 3.53. The molecular formula is C28H36N8O3S. The lowest BCUT2D eigenvalue weighted by Gasteiger charge is -2.41. The van der Waals surface area contributed by atoms with Crippen molar-refractivity contribution in [3.8, 4) is 0 Å². The van der Waals surface area contributed by atoms with Crippen LogP contribution in [0, 0.1) is 0 Å². The molecule has 212 valence electrons. The lowest BCUT2D eigenvalue weighted by atomic mass is 10.1. The van der Waals surface area contributed by atoms with Crippen LogP contribution >= 0.6 is 0 Å². The van der Waals surface area contributed by atoms with Gasteiger partial charge in [0, 0.05) is 80.2 Å². The zero-order chi connectivity index (χ0) is 28.4. The van der Waals surface area contributed by atoms with Crippen molar-refractivity contribution in [2.45, 2.75) is 32.5 Å². The quantitative estimate of drug-likeness (QED) is 0.316. The standard InChI is InChI=1S/C28H36N8O3S/c1-20-17-35(15-14-34(20)18-21(2)37)25-9-7-24(8-10-25)31-28-30-16-22-11-13-36(27(22)32-28)19-23-6-5-12-29-26(23)33(3)40(4,38)39/h5-13,16,20-21,37H,14-15,17-19H2,1-4H3,(H,30,31,32). The number of nitrogens with one attached hydrogen (secondary N) is 1. The van der Waals surface area contributed by atoms with Crippen LogP contribution in [0.1, 0.15) is 19.4 Å². The topological polar surface area (TPSA) is 120 Å². The van der Waals surface area contributed by atoms with E-state index in [-0.39, 0.29) is 6.10 Å². The van der Waals surface area contributed by atoms with Gasteiger partial charge in [0.25, 0.3) is 0 Å². The van der Waals surface area contributed by atoms with Crippen LogP contribution in [0.2, 0.25) is 0 Å². The number of pyridine rings is 1. The van der Waals surface area contributed by atoms with Gasteiger partial charge in [0.05, 0.1) is 18.9 Å². The highest BCUT2D eigenvalue weighted by Gasteiger charge is 2.24. The average molecular weight is 565 g/mol. The largest absolute Gasteiger partial charge is 0.392 e. The van der Waals surface area contributed by atoms with E-state index in [2.05, 4.69) is 44.1 Å². The first-order valence-corrected chi connectivity index (χ1v) is 15.2. The van der Waals surface area contributed by atoms with Crippen molar-refractivity contribution in [2.24, 2.45) is 0 Å². The smallest absolute Gasteiger partial charge is 0.233 e. The lowest BCUT2D eigenvalue weighted by molar-refractivity contribution is 0.0960. The number of benzene rings is 1. The number of aliphatic hydroxyl groups excluding tert-OH is 1. The third-order valence-corrected chi connectivity index (χ3v) is 8.43.